The van der Waals surface area contributed by atoms with E-state index in [0.717, 1.165) is 43.4 Å². The zero-order valence-corrected chi connectivity index (χ0v) is 19.5. The molecule has 8 nitrogen and oxygen atoms in total. The number of hydrogen-bond donors (Lipinski definition) is 1. The number of imidazole rings is 1. The maximum atomic E-state index is 14.9. The Labute approximate surface area is 206 Å². The van der Waals surface area contributed by atoms with E-state index in [0.29, 0.717) is 22.4 Å². The minimum absolute atomic E-state index is 0.0261. The number of rotatable bonds is 6. The average molecular weight is 487 g/mol. The highest BCUT2D eigenvalue weighted by Gasteiger charge is 2.21. The summed E-state index contributed by atoms with van der Waals surface area (Å²) in [6, 6.07) is 7.60. The van der Waals surface area contributed by atoms with Gasteiger partial charge in [0.15, 0.2) is 11.6 Å². The van der Waals surface area contributed by atoms with Gasteiger partial charge in [-0.2, -0.15) is 5.10 Å². The summed E-state index contributed by atoms with van der Waals surface area (Å²) in [5, 5.41) is 4.51. The van der Waals surface area contributed by atoms with Gasteiger partial charge < -0.3 is 10.6 Å². The zero-order chi connectivity index (χ0) is 24.6. The molecule has 1 aromatic carbocycles. The molecular weight excluding hydrogens is 462 g/mol. The van der Waals surface area contributed by atoms with Crippen molar-refractivity contribution in [1.29, 1.82) is 0 Å². The van der Waals surface area contributed by atoms with Crippen LogP contribution in [0, 0.1) is 11.6 Å². The summed E-state index contributed by atoms with van der Waals surface area (Å²) in [5.74, 6) is -1.36. The molecule has 1 aliphatic rings. The molecule has 2 N–H and O–H groups in total. The van der Waals surface area contributed by atoms with Gasteiger partial charge in [0, 0.05) is 36.3 Å². The van der Waals surface area contributed by atoms with E-state index >= 15 is 0 Å². The Morgan fingerprint density at radius 3 is 2.69 bits per heavy atom. The van der Waals surface area contributed by atoms with Crippen LogP contribution < -0.4 is 5.73 Å². The fraction of sp³-hybridized carbons (Fsp3) is 0.231. The molecule has 10 heteroatoms. The molecule has 0 amide bonds. The summed E-state index contributed by atoms with van der Waals surface area (Å²) in [6.07, 6.45) is 11.1. The quantitative estimate of drug-likeness (QED) is 0.385. The van der Waals surface area contributed by atoms with Gasteiger partial charge in [-0.3, -0.25) is 14.2 Å². The second kappa shape index (κ2) is 9.12. The number of nitrogen functional groups attached to an aromatic ring is 1. The maximum absolute atomic E-state index is 14.9. The van der Waals surface area contributed by atoms with E-state index in [1.165, 1.54) is 25.0 Å². The van der Waals surface area contributed by atoms with Gasteiger partial charge >= 0.3 is 0 Å². The van der Waals surface area contributed by atoms with E-state index < -0.39 is 11.6 Å². The largest absolute Gasteiger partial charge is 0.383 e. The molecule has 6 rings (SSSR count). The van der Waals surface area contributed by atoms with Crippen molar-refractivity contribution in [2.75, 3.05) is 25.4 Å². The molecule has 182 valence electrons. The lowest BCUT2D eigenvalue weighted by Gasteiger charge is -2.14. The van der Waals surface area contributed by atoms with Gasteiger partial charge in [-0.25, -0.2) is 18.7 Å². The van der Waals surface area contributed by atoms with E-state index in [9.17, 15) is 8.78 Å². The third-order valence-corrected chi connectivity index (χ3v) is 6.60. The average Bonchev–Trinajstić information content (AvgIpc) is 3.65. The molecule has 5 heterocycles. The lowest BCUT2D eigenvalue weighted by atomic mass is 10.1. The SMILES string of the molecule is Nc1ncc(-c2cnn(CCN3CCCC3)c2)cc1-c1nc2cnccc2n1-c1cccc(F)c1F. The van der Waals surface area contributed by atoms with Crippen molar-refractivity contribution in [3.63, 3.8) is 0 Å². The minimum Gasteiger partial charge on any atom is -0.383 e. The van der Waals surface area contributed by atoms with Gasteiger partial charge in [0.1, 0.15) is 17.2 Å². The monoisotopic (exact) mass is 486 g/mol. The van der Waals surface area contributed by atoms with Gasteiger partial charge in [0.25, 0.3) is 0 Å². The molecule has 0 saturated carbocycles. The highest BCUT2D eigenvalue weighted by Crippen LogP contribution is 2.34. The van der Waals surface area contributed by atoms with Gasteiger partial charge in [-0.1, -0.05) is 6.07 Å². The number of likely N-dealkylation sites (tertiary alicyclic amines) is 1. The first-order valence-corrected chi connectivity index (χ1v) is 11.9. The normalized spacial score (nSPS) is 14.2. The van der Waals surface area contributed by atoms with Crippen molar-refractivity contribution >= 4 is 16.9 Å². The minimum atomic E-state index is -0.975. The van der Waals surface area contributed by atoms with Crippen LogP contribution in [0.5, 0.6) is 0 Å². The van der Waals surface area contributed by atoms with Crippen LogP contribution in [0.4, 0.5) is 14.6 Å². The molecule has 1 saturated heterocycles. The number of hydrogen-bond acceptors (Lipinski definition) is 6. The first-order chi connectivity index (χ1) is 17.6. The summed E-state index contributed by atoms with van der Waals surface area (Å²) in [4.78, 5) is 15.6. The van der Waals surface area contributed by atoms with E-state index in [1.807, 2.05) is 16.9 Å². The zero-order valence-electron chi connectivity index (χ0n) is 19.5. The van der Waals surface area contributed by atoms with Crippen LogP contribution in [0.15, 0.2) is 61.3 Å². The Bertz CT molecular complexity index is 1550. The Morgan fingerprint density at radius 1 is 0.972 bits per heavy atom. The second-order valence-corrected chi connectivity index (χ2v) is 8.91. The van der Waals surface area contributed by atoms with Crippen molar-refractivity contribution in [3.05, 3.63) is 73.0 Å². The van der Waals surface area contributed by atoms with E-state index in [1.54, 1.807) is 35.4 Å². The predicted molar refractivity (Wildman–Crippen MR) is 133 cm³/mol. The molecule has 36 heavy (non-hydrogen) atoms. The van der Waals surface area contributed by atoms with E-state index in [4.69, 9.17) is 5.73 Å². The summed E-state index contributed by atoms with van der Waals surface area (Å²) < 4.78 is 32.6. The number of fused-ring (bicyclic) bond motifs is 1. The Morgan fingerprint density at radius 2 is 1.83 bits per heavy atom. The van der Waals surface area contributed by atoms with Crippen LogP contribution in [-0.2, 0) is 6.54 Å². The van der Waals surface area contributed by atoms with Crippen LogP contribution >= 0.6 is 0 Å². The van der Waals surface area contributed by atoms with Gasteiger partial charge in [-0.05, 0) is 50.2 Å². The molecule has 0 aliphatic carbocycles. The van der Waals surface area contributed by atoms with E-state index in [2.05, 4.69) is 25.0 Å². The molecule has 0 spiro atoms. The Balaban J connectivity index is 1.42. The van der Waals surface area contributed by atoms with Crippen LogP contribution in [-0.4, -0.2) is 53.8 Å². The number of aromatic nitrogens is 6. The molecule has 4 aromatic heterocycles. The number of nitrogens with zero attached hydrogens (tertiary/aromatic N) is 7. The van der Waals surface area contributed by atoms with Crippen molar-refractivity contribution in [2.24, 2.45) is 0 Å². The molecule has 0 unspecified atom stereocenters. The fourth-order valence-electron chi connectivity index (χ4n) is 4.72. The first-order valence-electron chi connectivity index (χ1n) is 11.9. The number of anilines is 1. The lowest BCUT2D eigenvalue weighted by molar-refractivity contribution is 0.316. The molecule has 5 aromatic rings. The van der Waals surface area contributed by atoms with Crippen molar-refractivity contribution in [1.82, 2.24) is 34.2 Å². The highest BCUT2D eigenvalue weighted by atomic mass is 19.2. The molecule has 1 fully saturated rings. The summed E-state index contributed by atoms with van der Waals surface area (Å²) in [5.41, 5.74) is 9.58. The van der Waals surface area contributed by atoms with Crippen LogP contribution in [0.1, 0.15) is 12.8 Å². The fourth-order valence-corrected chi connectivity index (χ4v) is 4.72. The van der Waals surface area contributed by atoms with Gasteiger partial charge in [0.05, 0.1) is 35.7 Å². The van der Waals surface area contributed by atoms with Gasteiger partial charge in [-0.15, -0.1) is 0 Å². The molecular formula is C26H24F2N8. The second-order valence-electron chi connectivity index (χ2n) is 8.91. The maximum Gasteiger partial charge on any atom is 0.182 e. The summed E-state index contributed by atoms with van der Waals surface area (Å²) in [7, 11) is 0. The van der Waals surface area contributed by atoms with Crippen LogP contribution in [0.3, 0.4) is 0 Å². The Hall–Kier alpha value is -4.18. The molecule has 0 radical (unpaired) electrons. The third-order valence-electron chi connectivity index (χ3n) is 6.60. The molecule has 0 bridgehead atoms. The standard InChI is InChI=1S/C26H24F2N8/c27-20-4-3-5-23(24(20)28)36-22-6-7-30-15-21(22)33-26(36)19-12-17(13-31-25(19)29)18-14-32-35(16-18)11-10-34-8-1-2-9-34/h3-7,12-16H,1-2,8-11H2,(H2,29,31). The first kappa shape index (κ1) is 22.3. The topological polar surface area (TPSA) is 90.7 Å². The van der Waals surface area contributed by atoms with E-state index in [-0.39, 0.29) is 11.5 Å². The number of pyridine rings is 2. The summed E-state index contributed by atoms with van der Waals surface area (Å²) >= 11 is 0. The van der Waals surface area contributed by atoms with Crippen molar-refractivity contribution in [2.45, 2.75) is 19.4 Å². The van der Waals surface area contributed by atoms with Crippen molar-refractivity contribution in [3.8, 4) is 28.2 Å². The number of nitrogens with two attached hydrogens (primary N) is 1. The van der Waals surface area contributed by atoms with Crippen LogP contribution in [0.25, 0.3) is 39.2 Å². The molecule has 0 atom stereocenters. The lowest BCUT2D eigenvalue weighted by Crippen LogP contribution is -2.24. The van der Waals surface area contributed by atoms with Crippen molar-refractivity contribution < 1.29 is 8.78 Å². The molecule has 1 aliphatic heterocycles. The summed E-state index contributed by atoms with van der Waals surface area (Å²) in [6.45, 7) is 4.05. The smallest absolute Gasteiger partial charge is 0.182 e. The van der Waals surface area contributed by atoms with Crippen LogP contribution in [0.2, 0.25) is 0 Å². The number of benzene rings is 1. The Kier molecular flexibility index (Phi) is 5.65. The van der Waals surface area contributed by atoms with Gasteiger partial charge in [0.2, 0.25) is 0 Å². The number of halogens is 2. The highest BCUT2D eigenvalue weighted by molar-refractivity contribution is 5.86. The third kappa shape index (κ3) is 3.99. The predicted octanol–water partition coefficient (Wildman–Crippen LogP) is 4.30.